The molecule has 0 fully saturated rings. The Labute approximate surface area is 183 Å². The molecule has 0 aliphatic carbocycles. The van der Waals surface area contributed by atoms with Crippen molar-refractivity contribution in [3.8, 4) is 0 Å². The summed E-state index contributed by atoms with van der Waals surface area (Å²) in [6.45, 7) is 1.52. The van der Waals surface area contributed by atoms with Gasteiger partial charge in [-0.1, -0.05) is 12.1 Å². The van der Waals surface area contributed by atoms with E-state index in [0.717, 1.165) is 43.0 Å². The van der Waals surface area contributed by atoms with Gasteiger partial charge in [0.1, 0.15) is 10.0 Å². The number of benzene rings is 1. The van der Waals surface area contributed by atoms with Crippen LogP contribution in [0.25, 0.3) is 0 Å². The monoisotopic (exact) mass is 461 g/mol. The largest absolute Gasteiger partial charge is 0.352 e. The summed E-state index contributed by atoms with van der Waals surface area (Å²) in [5.74, 6) is 0.524. The number of hydrogen-bond donors (Lipinski definition) is 2. The van der Waals surface area contributed by atoms with Gasteiger partial charge in [0.05, 0.1) is 0 Å². The van der Waals surface area contributed by atoms with E-state index in [1.54, 1.807) is 34.2 Å². The fourth-order valence-corrected chi connectivity index (χ4v) is 5.52. The molecule has 0 bridgehead atoms. The number of carbonyl (C=O) groups is 1. The summed E-state index contributed by atoms with van der Waals surface area (Å²) in [5.41, 5.74) is 0.573. The zero-order chi connectivity index (χ0) is 21.8. The summed E-state index contributed by atoms with van der Waals surface area (Å²) in [6, 6.07) is 9.51. The Morgan fingerprint density at radius 2 is 2.06 bits per heavy atom. The predicted octanol–water partition coefficient (Wildman–Crippen LogP) is 2.06. The van der Waals surface area contributed by atoms with E-state index in [1.807, 2.05) is 0 Å². The van der Waals surface area contributed by atoms with E-state index in [1.165, 1.54) is 16.8 Å². The van der Waals surface area contributed by atoms with Gasteiger partial charge in [0.2, 0.25) is 0 Å². The maximum absolute atomic E-state index is 12.5. The lowest BCUT2D eigenvalue weighted by Gasteiger charge is -2.09. The second-order valence-corrected chi connectivity index (χ2v) is 10.1. The summed E-state index contributed by atoms with van der Waals surface area (Å²) in [5, 5.41) is 8.87. The highest BCUT2D eigenvalue weighted by Crippen LogP contribution is 2.20. The van der Waals surface area contributed by atoms with E-state index < -0.39 is 10.0 Å². The van der Waals surface area contributed by atoms with Crippen LogP contribution in [0.2, 0.25) is 0 Å². The van der Waals surface area contributed by atoms with Gasteiger partial charge in [0, 0.05) is 37.3 Å². The fourth-order valence-electron chi connectivity index (χ4n) is 3.47. The summed E-state index contributed by atoms with van der Waals surface area (Å²) >= 11 is 1.12. The maximum atomic E-state index is 12.5. The lowest BCUT2D eigenvalue weighted by Crippen LogP contribution is -2.29. The molecule has 0 saturated carbocycles. The molecule has 2 aromatic heterocycles. The molecular formula is C20H23N5O4S2. The number of aromatic nitrogens is 3. The van der Waals surface area contributed by atoms with E-state index in [4.69, 9.17) is 0 Å². The predicted molar refractivity (Wildman–Crippen MR) is 118 cm³/mol. The van der Waals surface area contributed by atoms with E-state index in [2.05, 4.69) is 15.1 Å². The van der Waals surface area contributed by atoms with Crippen molar-refractivity contribution >= 4 is 33.0 Å². The molecule has 4 rings (SSSR count). The van der Waals surface area contributed by atoms with Crippen molar-refractivity contribution in [2.24, 2.45) is 0 Å². The molecule has 0 atom stereocenters. The number of sulfonamides is 1. The Morgan fingerprint density at radius 1 is 1.19 bits per heavy atom. The molecule has 3 aromatic rings. The Morgan fingerprint density at radius 3 is 2.84 bits per heavy atom. The van der Waals surface area contributed by atoms with Gasteiger partial charge >= 0.3 is 5.69 Å². The number of rotatable bonds is 8. The molecule has 1 aliphatic heterocycles. The SMILES string of the molecule is O=C(NCCCn1nc2n(c1=O)CCCC2)c1cccc(NS(=O)(=O)c2cccs2)c1. The lowest BCUT2D eigenvalue weighted by molar-refractivity contribution is 0.0952. The Balaban J connectivity index is 1.32. The van der Waals surface area contributed by atoms with Crippen LogP contribution in [0.4, 0.5) is 5.69 Å². The van der Waals surface area contributed by atoms with Crippen molar-refractivity contribution in [1.82, 2.24) is 19.7 Å². The number of carbonyl (C=O) groups excluding carboxylic acids is 1. The molecule has 164 valence electrons. The van der Waals surface area contributed by atoms with E-state index in [0.29, 0.717) is 30.8 Å². The first-order valence-electron chi connectivity index (χ1n) is 10.1. The quantitative estimate of drug-likeness (QED) is 0.498. The van der Waals surface area contributed by atoms with Crippen LogP contribution < -0.4 is 15.7 Å². The highest BCUT2D eigenvalue weighted by molar-refractivity contribution is 7.94. The number of thiophene rings is 1. The van der Waals surface area contributed by atoms with Crippen molar-refractivity contribution in [2.75, 3.05) is 11.3 Å². The molecule has 1 amide bonds. The van der Waals surface area contributed by atoms with Gasteiger partial charge in [-0.2, -0.15) is 5.10 Å². The Hall–Kier alpha value is -2.92. The van der Waals surface area contributed by atoms with E-state index in [-0.39, 0.29) is 15.8 Å². The molecule has 2 N–H and O–H groups in total. The third kappa shape index (κ3) is 4.88. The normalized spacial score (nSPS) is 13.5. The average Bonchev–Trinajstić information content (AvgIpc) is 3.41. The number of aryl methyl sites for hydroxylation is 2. The fraction of sp³-hybridized carbons (Fsp3) is 0.350. The molecule has 9 nitrogen and oxygen atoms in total. The van der Waals surface area contributed by atoms with Crippen LogP contribution in [0.15, 0.2) is 50.8 Å². The summed E-state index contributed by atoms with van der Waals surface area (Å²) in [4.78, 5) is 24.8. The summed E-state index contributed by atoms with van der Waals surface area (Å²) in [7, 11) is -3.67. The second-order valence-electron chi connectivity index (χ2n) is 7.26. The second kappa shape index (κ2) is 9.06. The number of fused-ring (bicyclic) bond motifs is 1. The van der Waals surface area contributed by atoms with E-state index >= 15 is 0 Å². The van der Waals surface area contributed by atoms with Crippen LogP contribution in [0, 0.1) is 0 Å². The molecule has 31 heavy (non-hydrogen) atoms. The van der Waals surface area contributed by atoms with Crippen LogP contribution in [-0.2, 0) is 29.5 Å². The highest BCUT2D eigenvalue weighted by atomic mass is 32.2. The lowest BCUT2D eigenvalue weighted by atomic mass is 10.2. The third-order valence-electron chi connectivity index (χ3n) is 5.00. The first kappa shape index (κ1) is 21.3. The van der Waals surface area contributed by atoms with Gasteiger partial charge in [-0.3, -0.25) is 14.1 Å². The number of nitrogens with zero attached hydrogens (tertiary/aromatic N) is 3. The van der Waals surface area contributed by atoms with Crippen LogP contribution in [-0.4, -0.2) is 35.2 Å². The first-order valence-corrected chi connectivity index (χ1v) is 12.4. The zero-order valence-corrected chi connectivity index (χ0v) is 18.4. The number of amides is 1. The van der Waals surface area contributed by atoms with Gasteiger partial charge in [-0.25, -0.2) is 17.9 Å². The molecule has 1 aliphatic rings. The molecule has 1 aromatic carbocycles. The molecule has 0 spiro atoms. The molecular weight excluding hydrogens is 438 g/mol. The minimum absolute atomic E-state index is 0.0910. The Bertz CT molecular complexity index is 1230. The number of nitrogens with one attached hydrogen (secondary N) is 2. The molecule has 3 heterocycles. The molecule has 0 saturated heterocycles. The van der Waals surface area contributed by atoms with Crippen molar-refractivity contribution < 1.29 is 13.2 Å². The van der Waals surface area contributed by atoms with Crippen LogP contribution in [0.3, 0.4) is 0 Å². The van der Waals surface area contributed by atoms with Crippen molar-refractivity contribution in [3.05, 3.63) is 63.7 Å². The standard InChI is InChI=1S/C20H23N5O4S2/c26-19(21-10-5-12-25-20(27)24-11-2-1-8-17(24)22-25)15-6-3-7-16(14-15)23-31(28,29)18-9-4-13-30-18/h3-4,6-7,9,13-14,23H,1-2,5,8,10-12H2,(H,21,26). The molecule has 0 unspecified atom stereocenters. The minimum Gasteiger partial charge on any atom is -0.352 e. The van der Waals surface area contributed by atoms with Crippen LogP contribution in [0.5, 0.6) is 0 Å². The van der Waals surface area contributed by atoms with Gasteiger partial charge in [-0.05, 0) is 48.9 Å². The van der Waals surface area contributed by atoms with Gasteiger partial charge in [0.25, 0.3) is 15.9 Å². The number of anilines is 1. The van der Waals surface area contributed by atoms with Crippen molar-refractivity contribution in [2.45, 2.75) is 43.0 Å². The topological polar surface area (TPSA) is 115 Å². The van der Waals surface area contributed by atoms with Crippen molar-refractivity contribution in [1.29, 1.82) is 0 Å². The van der Waals surface area contributed by atoms with Crippen molar-refractivity contribution in [3.63, 3.8) is 0 Å². The first-order chi connectivity index (χ1) is 14.9. The van der Waals surface area contributed by atoms with Gasteiger partial charge < -0.3 is 5.32 Å². The van der Waals surface area contributed by atoms with Gasteiger partial charge in [0.15, 0.2) is 0 Å². The van der Waals surface area contributed by atoms with Crippen LogP contribution in [0.1, 0.15) is 35.4 Å². The third-order valence-corrected chi connectivity index (χ3v) is 7.78. The number of hydrogen-bond acceptors (Lipinski definition) is 6. The van der Waals surface area contributed by atoms with Gasteiger partial charge in [-0.15, -0.1) is 11.3 Å². The minimum atomic E-state index is -3.67. The average molecular weight is 462 g/mol. The summed E-state index contributed by atoms with van der Waals surface area (Å²) < 4.78 is 30.6. The van der Waals surface area contributed by atoms with E-state index in [9.17, 15) is 18.0 Å². The van der Waals surface area contributed by atoms with Crippen LogP contribution >= 0.6 is 11.3 Å². The maximum Gasteiger partial charge on any atom is 0.345 e. The zero-order valence-electron chi connectivity index (χ0n) is 16.8. The highest BCUT2D eigenvalue weighted by Gasteiger charge is 2.17. The molecule has 0 radical (unpaired) electrons. The smallest absolute Gasteiger partial charge is 0.345 e. The Kier molecular flexibility index (Phi) is 6.23. The molecule has 11 heteroatoms. The summed E-state index contributed by atoms with van der Waals surface area (Å²) in [6.07, 6.45) is 3.44.